The second-order valence-corrected chi connectivity index (χ2v) is 8.26. The van der Waals surface area contributed by atoms with E-state index < -0.39 is 6.04 Å². The Morgan fingerprint density at radius 2 is 1.93 bits per heavy atom. The number of likely N-dealkylation sites (tertiary alicyclic amines) is 1. The number of hydrogen-bond donors (Lipinski definition) is 2. The maximum Gasteiger partial charge on any atom is 0.338 e. The van der Waals surface area contributed by atoms with Gasteiger partial charge in [0.25, 0.3) is 0 Å². The van der Waals surface area contributed by atoms with Gasteiger partial charge >= 0.3 is 12.0 Å². The molecule has 1 aromatic rings. The first-order valence-corrected chi connectivity index (χ1v) is 11.1. The minimum absolute atomic E-state index is 0.285. The van der Waals surface area contributed by atoms with Crippen molar-refractivity contribution in [1.82, 2.24) is 15.5 Å². The van der Waals surface area contributed by atoms with Crippen LogP contribution in [0.3, 0.4) is 0 Å². The molecule has 0 aliphatic carbocycles. The molecule has 1 fully saturated rings. The first-order chi connectivity index (χ1) is 13.5. The summed E-state index contributed by atoms with van der Waals surface area (Å²) in [7, 11) is 0. The largest absolute Gasteiger partial charge is 0.463 e. The van der Waals surface area contributed by atoms with Crippen molar-refractivity contribution in [3.05, 3.63) is 41.1 Å². The van der Waals surface area contributed by atoms with Gasteiger partial charge in [0.05, 0.1) is 18.2 Å². The lowest BCUT2D eigenvalue weighted by atomic mass is 9.94. The highest BCUT2D eigenvalue weighted by atomic mass is 32.2. The Morgan fingerprint density at radius 1 is 1.25 bits per heavy atom. The van der Waals surface area contributed by atoms with E-state index in [0.29, 0.717) is 24.4 Å². The van der Waals surface area contributed by atoms with Crippen LogP contribution in [0.1, 0.15) is 38.3 Å². The van der Waals surface area contributed by atoms with Crippen molar-refractivity contribution in [3.8, 4) is 0 Å². The molecule has 2 aliphatic heterocycles. The molecule has 0 spiro atoms. The average molecular weight is 404 g/mol. The van der Waals surface area contributed by atoms with Gasteiger partial charge < -0.3 is 15.4 Å². The van der Waals surface area contributed by atoms with Gasteiger partial charge in [-0.2, -0.15) is 0 Å². The molecule has 2 heterocycles. The van der Waals surface area contributed by atoms with E-state index in [4.69, 9.17) is 4.74 Å². The molecule has 0 saturated carbocycles. The molecule has 0 radical (unpaired) electrons. The summed E-state index contributed by atoms with van der Waals surface area (Å²) in [6, 6.07) is 7.13. The molecule has 1 atom stereocenters. The number of piperidine rings is 1. The van der Waals surface area contributed by atoms with Crippen LogP contribution in [0.5, 0.6) is 0 Å². The number of carbonyl (C=O) groups is 2. The summed E-state index contributed by atoms with van der Waals surface area (Å²) in [6.07, 6.45) is 4.28. The van der Waals surface area contributed by atoms with Crippen LogP contribution in [-0.2, 0) is 9.53 Å². The minimum Gasteiger partial charge on any atom is -0.463 e. The Kier molecular flexibility index (Phi) is 7.02. The Hall–Kier alpha value is -1.99. The van der Waals surface area contributed by atoms with E-state index in [2.05, 4.69) is 22.5 Å². The van der Waals surface area contributed by atoms with Gasteiger partial charge in [0, 0.05) is 17.1 Å². The maximum absolute atomic E-state index is 12.8. The van der Waals surface area contributed by atoms with Crippen LogP contribution in [0.25, 0.3) is 0 Å². The molecule has 152 valence electrons. The summed E-state index contributed by atoms with van der Waals surface area (Å²) in [5.41, 5.74) is 2.02. The van der Waals surface area contributed by atoms with Crippen LogP contribution >= 0.6 is 11.8 Å². The molecule has 1 saturated heterocycles. The summed E-state index contributed by atoms with van der Waals surface area (Å²) >= 11 is 1.65. The number of urea groups is 1. The Balaban J connectivity index is 1.93. The molecule has 2 N–H and O–H groups in total. The lowest BCUT2D eigenvalue weighted by Crippen LogP contribution is -2.49. The predicted molar refractivity (Wildman–Crippen MR) is 111 cm³/mol. The van der Waals surface area contributed by atoms with Crippen molar-refractivity contribution < 1.29 is 14.3 Å². The molecule has 2 aliphatic rings. The number of amides is 2. The molecule has 1 aromatic carbocycles. The molecule has 7 heteroatoms. The number of nitrogens with zero attached hydrogens (tertiary/aromatic N) is 1. The summed E-state index contributed by atoms with van der Waals surface area (Å²) in [5.74, 6) is 0.342. The molecular formula is C21H29N3O3S. The summed E-state index contributed by atoms with van der Waals surface area (Å²) in [4.78, 5) is 28.6. The maximum atomic E-state index is 12.8. The van der Waals surface area contributed by atoms with E-state index in [9.17, 15) is 9.59 Å². The second kappa shape index (κ2) is 9.47. The van der Waals surface area contributed by atoms with Gasteiger partial charge in [0.15, 0.2) is 0 Å². The zero-order valence-electron chi connectivity index (χ0n) is 16.8. The fourth-order valence-corrected chi connectivity index (χ4v) is 4.09. The number of nitrogens with one attached hydrogen (secondary N) is 2. The van der Waals surface area contributed by atoms with Crippen LogP contribution in [0, 0.1) is 5.92 Å². The summed E-state index contributed by atoms with van der Waals surface area (Å²) in [5, 5.41) is 5.77. The van der Waals surface area contributed by atoms with Crippen molar-refractivity contribution in [2.24, 2.45) is 5.92 Å². The van der Waals surface area contributed by atoms with Gasteiger partial charge in [-0.1, -0.05) is 19.1 Å². The monoisotopic (exact) mass is 403 g/mol. The number of esters is 1. The number of ether oxygens (including phenoxy) is 1. The zero-order chi connectivity index (χ0) is 20.1. The normalized spacial score (nSPS) is 21.2. The number of hydrogen-bond acceptors (Lipinski definition) is 5. The van der Waals surface area contributed by atoms with E-state index in [1.54, 1.807) is 18.7 Å². The molecule has 0 bridgehead atoms. The molecule has 0 aromatic heterocycles. The standard InChI is InChI=1S/C21H29N3O3S/c1-4-27-20(25)18-17(13-24-11-9-14(2)10-12-24)22-21(26)23-19(18)15-5-7-16(28-3)8-6-15/h5-8,14,19H,4,9-13H2,1-3H3,(H2,22,23,26)/t19-/m0/s1. The fraction of sp³-hybridized carbons (Fsp3) is 0.524. The van der Waals surface area contributed by atoms with E-state index in [1.807, 2.05) is 30.5 Å². The predicted octanol–water partition coefficient (Wildman–Crippen LogP) is 3.31. The zero-order valence-corrected chi connectivity index (χ0v) is 17.6. The average Bonchev–Trinajstić information content (AvgIpc) is 2.69. The fourth-order valence-electron chi connectivity index (χ4n) is 3.68. The Morgan fingerprint density at radius 3 is 2.54 bits per heavy atom. The van der Waals surface area contributed by atoms with Crippen molar-refractivity contribution in [1.29, 1.82) is 0 Å². The summed E-state index contributed by atoms with van der Waals surface area (Å²) in [6.45, 7) is 6.84. The van der Waals surface area contributed by atoms with Crippen LogP contribution in [-0.4, -0.2) is 49.4 Å². The van der Waals surface area contributed by atoms with Gasteiger partial charge in [0.1, 0.15) is 0 Å². The molecular weight excluding hydrogens is 374 g/mol. The third-order valence-corrected chi connectivity index (χ3v) is 6.10. The highest BCUT2D eigenvalue weighted by Crippen LogP contribution is 2.30. The smallest absolute Gasteiger partial charge is 0.338 e. The van der Waals surface area contributed by atoms with Gasteiger partial charge in [-0.05, 0) is 62.7 Å². The topological polar surface area (TPSA) is 70.7 Å². The Labute approximate surface area is 171 Å². The third-order valence-electron chi connectivity index (χ3n) is 5.36. The van der Waals surface area contributed by atoms with Crippen molar-refractivity contribution in [3.63, 3.8) is 0 Å². The van der Waals surface area contributed by atoms with E-state index in [0.717, 1.165) is 42.3 Å². The van der Waals surface area contributed by atoms with E-state index in [-0.39, 0.29) is 12.0 Å². The van der Waals surface area contributed by atoms with Crippen molar-refractivity contribution >= 4 is 23.8 Å². The Bertz CT molecular complexity index is 740. The summed E-state index contributed by atoms with van der Waals surface area (Å²) < 4.78 is 5.34. The first kappa shape index (κ1) is 20.7. The minimum atomic E-state index is -0.512. The number of carbonyl (C=O) groups excluding carboxylic acids is 2. The number of benzene rings is 1. The van der Waals surface area contributed by atoms with Crippen LogP contribution in [0.15, 0.2) is 40.4 Å². The number of rotatable bonds is 6. The van der Waals surface area contributed by atoms with Crippen molar-refractivity contribution in [2.75, 3.05) is 32.5 Å². The van der Waals surface area contributed by atoms with Gasteiger partial charge in [-0.3, -0.25) is 4.90 Å². The van der Waals surface area contributed by atoms with Gasteiger partial charge in [0.2, 0.25) is 0 Å². The molecule has 0 unspecified atom stereocenters. The molecule has 2 amide bonds. The molecule has 3 rings (SSSR count). The molecule has 28 heavy (non-hydrogen) atoms. The van der Waals surface area contributed by atoms with E-state index >= 15 is 0 Å². The van der Waals surface area contributed by atoms with Crippen LogP contribution in [0.2, 0.25) is 0 Å². The third kappa shape index (κ3) is 4.89. The van der Waals surface area contributed by atoms with E-state index in [1.165, 1.54) is 0 Å². The number of thioether (sulfide) groups is 1. The van der Waals surface area contributed by atoms with Crippen LogP contribution < -0.4 is 10.6 Å². The highest BCUT2D eigenvalue weighted by molar-refractivity contribution is 7.98. The lowest BCUT2D eigenvalue weighted by molar-refractivity contribution is -0.139. The second-order valence-electron chi connectivity index (χ2n) is 7.38. The lowest BCUT2D eigenvalue weighted by Gasteiger charge is -2.34. The molecule has 6 nitrogen and oxygen atoms in total. The van der Waals surface area contributed by atoms with Gasteiger partial charge in [-0.25, -0.2) is 9.59 Å². The first-order valence-electron chi connectivity index (χ1n) is 9.85. The van der Waals surface area contributed by atoms with Gasteiger partial charge in [-0.15, -0.1) is 11.8 Å². The SMILES string of the molecule is CCOC(=O)C1=C(CN2CCC(C)CC2)NC(=O)N[C@H]1c1ccc(SC)cc1. The highest BCUT2D eigenvalue weighted by Gasteiger charge is 2.34. The quantitative estimate of drug-likeness (QED) is 0.563. The van der Waals surface area contributed by atoms with Crippen LogP contribution in [0.4, 0.5) is 4.79 Å². The van der Waals surface area contributed by atoms with Crippen molar-refractivity contribution in [2.45, 2.75) is 37.6 Å².